The van der Waals surface area contributed by atoms with Crippen molar-refractivity contribution in [2.45, 2.75) is 39.2 Å². The van der Waals surface area contributed by atoms with E-state index in [1.54, 1.807) is 17.4 Å². The zero-order valence-corrected chi connectivity index (χ0v) is 12.7. The second-order valence-corrected chi connectivity index (χ2v) is 6.45. The summed E-state index contributed by atoms with van der Waals surface area (Å²) in [4.78, 5) is 6.00. The van der Waals surface area contributed by atoms with Gasteiger partial charge in [-0.3, -0.25) is 0 Å². The second-order valence-electron chi connectivity index (χ2n) is 5.37. The van der Waals surface area contributed by atoms with Gasteiger partial charge in [-0.2, -0.15) is 0 Å². The van der Waals surface area contributed by atoms with E-state index in [-0.39, 0.29) is 5.82 Å². The monoisotopic (exact) mass is 290 g/mol. The molecule has 2 nitrogen and oxygen atoms in total. The van der Waals surface area contributed by atoms with Crippen LogP contribution in [0.2, 0.25) is 0 Å². The van der Waals surface area contributed by atoms with Crippen molar-refractivity contribution < 1.29 is 4.39 Å². The van der Waals surface area contributed by atoms with Crippen molar-refractivity contribution >= 4 is 11.3 Å². The number of nitrogens with zero attached hydrogens (tertiary/aromatic N) is 1. The minimum atomic E-state index is -0.179. The van der Waals surface area contributed by atoms with E-state index in [9.17, 15) is 4.39 Å². The number of hydrogen-bond acceptors (Lipinski definition) is 3. The van der Waals surface area contributed by atoms with Crippen LogP contribution in [0.3, 0.4) is 0 Å². The average molecular weight is 290 g/mol. The molecule has 1 aromatic carbocycles. The van der Waals surface area contributed by atoms with Crippen molar-refractivity contribution in [3.63, 3.8) is 0 Å². The fourth-order valence-corrected chi connectivity index (χ4v) is 3.46. The van der Waals surface area contributed by atoms with E-state index in [0.29, 0.717) is 11.5 Å². The zero-order valence-electron chi connectivity index (χ0n) is 11.9. The van der Waals surface area contributed by atoms with Gasteiger partial charge in [0.05, 0.1) is 5.69 Å². The van der Waals surface area contributed by atoms with Gasteiger partial charge in [-0.15, -0.1) is 11.3 Å². The minimum absolute atomic E-state index is 0.179. The summed E-state index contributed by atoms with van der Waals surface area (Å²) in [5.41, 5.74) is 2.89. The fourth-order valence-electron chi connectivity index (χ4n) is 2.32. The third-order valence-corrected chi connectivity index (χ3v) is 4.68. The van der Waals surface area contributed by atoms with Gasteiger partial charge in [-0.1, -0.05) is 18.6 Å². The summed E-state index contributed by atoms with van der Waals surface area (Å²) in [5, 5.41) is 4.18. The molecule has 1 N–H and O–H groups in total. The standard InChI is InChI=1S/C16H19FN2S/c1-3-18-9-14-15(11-5-6-11)19-16(20-14)12-8-10(2)4-7-13(12)17/h4,7-8,11,18H,3,5-6,9H2,1-2H3. The van der Waals surface area contributed by atoms with Crippen LogP contribution in [0.25, 0.3) is 10.6 Å². The number of benzene rings is 1. The van der Waals surface area contributed by atoms with Crippen LogP contribution in [-0.2, 0) is 6.54 Å². The van der Waals surface area contributed by atoms with E-state index in [2.05, 4.69) is 12.2 Å². The molecule has 4 heteroatoms. The number of halogens is 1. The molecule has 0 bridgehead atoms. The van der Waals surface area contributed by atoms with Gasteiger partial charge >= 0.3 is 0 Å². The summed E-state index contributed by atoms with van der Waals surface area (Å²) in [6.07, 6.45) is 2.44. The number of aromatic nitrogens is 1. The van der Waals surface area contributed by atoms with Gasteiger partial charge in [0.15, 0.2) is 0 Å². The van der Waals surface area contributed by atoms with Gasteiger partial charge in [-0.25, -0.2) is 9.37 Å². The topological polar surface area (TPSA) is 24.9 Å². The lowest BCUT2D eigenvalue weighted by molar-refractivity contribution is 0.630. The van der Waals surface area contributed by atoms with Gasteiger partial charge in [0.2, 0.25) is 0 Å². The maximum absolute atomic E-state index is 14.0. The Kier molecular flexibility index (Phi) is 3.85. The van der Waals surface area contributed by atoms with E-state index >= 15 is 0 Å². The molecule has 0 atom stereocenters. The lowest BCUT2D eigenvalue weighted by Crippen LogP contribution is -2.11. The molecule has 1 aliphatic carbocycles. The van der Waals surface area contributed by atoms with Crippen molar-refractivity contribution in [3.8, 4) is 10.6 Å². The summed E-state index contributed by atoms with van der Waals surface area (Å²) in [6.45, 7) is 5.86. The van der Waals surface area contributed by atoms with Crippen LogP contribution < -0.4 is 5.32 Å². The highest BCUT2D eigenvalue weighted by Crippen LogP contribution is 2.44. The maximum Gasteiger partial charge on any atom is 0.133 e. The Morgan fingerprint density at radius 1 is 1.40 bits per heavy atom. The molecular weight excluding hydrogens is 271 g/mol. The number of nitrogens with one attached hydrogen (secondary N) is 1. The van der Waals surface area contributed by atoms with Crippen LogP contribution in [-0.4, -0.2) is 11.5 Å². The molecule has 2 aromatic rings. The summed E-state index contributed by atoms with van der Waals surface area (Å²) >= 11 is 1.63. The Labute approximate surface area is 123 Å². The molecule has 1 fully saturated rings. The number of rotatable bonds is 5. The van der Waals surface area contributed by atoms with Gasteiger partial charge in [0, 0.05) is 22.9 Å². The maximum atomic E-state index is 14.0. The molecule has 1 aromatic heterocycles. The smallest absolute Gasteiger partial charge is 0.133 e. The van der Waals surface area contributed by atoms with Crippen molar-refractivity contribution in [2.24, 2.45) is 0 Å². The Morgan fingerprint density at radius 3 is 2.90 bits per heavy atom. The van der Waals surface area contributed by atoms with Crippen molar-refractivity contribution in [3.05, 3.63) is 40.2 Å². The van der Waals surface area contributed by atoms with Gasteiger partial charge in [0.25, 0.3) is 0 Å². The molecule has 1 aliphatic rings. The highest BCUT2D eigenvalue weighted by molar-refractivity contribution is 7.15. The van der Waals surface area contributed by atoms with Gasteiger partial charge < -0.3 is 5.32 Å². The SMILES string of the molecule is CCNCc1sc(-c2cc(C)ccc2F)nc1C1CC1. The van der Waals surface area contributed by atoms with E-state index in [1.807, 2.05) is 13.0 Å². The molecule has 0 amide bonds. The first kappa shape index (κ1) is 13.7. The molecule has 0 unspecified atom stereocenters. The molecule has 0 aliphatic heterocycles. The second kappa shape index (κ2) is 5.62. The lowest BCUT2D eigenvalue weighted by Gasteiger charge is -2.00. The van der Waals surface area contributed by atoms with E-state index < -0.39 is 0 Å². The molecule has 20 heavy (non-hydrogen) atoms. The molecular formula is C16H19FN2S. The number of aryl methyl sites for hydroxylation is 1. The molecule has 1 saturated carbocycles. The Hall–Kier alpha value is -1.26. The quantitative estimate of drug-likeness (QED) is 0.890. The van der Waals surface area contributed by atoms with Crippen LogP contribution >= 0.6 is 11.3 Å². The highest BCUT2D eigenvalue weighted by atomic mass is 32.1. The molecule has 1 heterocycles. The predicted octanol–water partition coefficient (Wildman–Crippen LogP) is 4.24. The number of thiazole rings is 1. The van der Waals surface area contributed by atoms with Crippen LogP contribution in [0.15, 0.2) is 18.2 Å². The first-order valence-corrected chi connectivity index (χ1v) is 7.97. The molecule has 106 valence electrons. The zero-order chi connectivity index (χ0) is 14.1. The number of hydrogen-bond donors (Lipinski definition) is 1. The Morgan fingerprint density at radius 2 is 2.20 bits per heavy atom. The molecule has 3 rings (SSSR count). The predicted molar refractivity (Wildman–Crippen MR) is 81.6 cm³/mol. The normalized spacial score (nSPS) is 14.8. The van der Waals surface area contributed by atoms with Gasteiger partial charge in [-0.05, 0) is 38.4 Å². The van der Waals surface area contributed by atoms with Crippen molar-refractivity contribution in [1.29, 1.82) is 0 Å². The van der Waals surface area contributed by atoms with E-state index in [0.717, 1.165) is 23.7 Å². The molecule has 0 radical (unpaired) electrons. The van der Waals surface area contributed by atoms with Crippen LogP contribution in [0.1, 0.15) is 41.8 Å². The van der Waals surface area contributed by atoms with Crippen LogP contribution in [0.5, 0.6) is 0 Å². The Bertz CT molecular complexity index is 617. The average Bonchev–Trinajstić information content (AvgIpc) is 3.20. The fraction of sp³-hybridized carbons (Fsp3) is 0.438. The Balaban J connectivity index is 1.99. The third-order valence-electron chi connectivity index (χ3n) is 3.58. The van der Waals surface area contributed by atoms with Gasteiger partial charge in [0.1, 0.15) is 10.8 Å². The largest absolute Gasteiger partial charge is 0.312 e. The van der Waals surface area contributed by atoms with E-state index in [4.69, 9.17) is 4.98 Å². The van der Waals surface area contributed by atoms with Crippen LogP contribution in [0, 0.1) is 12.7 Å². The highest BCUT2D eigenvalue weighted by Gasteiger charge is 2.30. The van der Waals surface area contributed by atoms with Crippen LogP contribution in [0.4, 0.5) is 4.39 Å². The lowest BCUT2D eigenvalue weighted by atomic mass is 10.1. The van der Waals surface area contributed by atoms with E-state index in [1.165, 1.54) is 29.5 Å². The minimum Gasteiger partial charge on any atom is -0.312 e. The first-order chi connectivity index (χ1) is 9.69. The summed E-state index contributed by atoms with van der Waals surface area (Å²) in [6, 6.07) is 5.22. The van der Waals surface area contributed by atoms with Crippen molar-refractivity contribution in [1.82, 2.24) is 10.3 Å². The first-order valence-electron chi connectivity index (χ1n) is 7.16. The summed E-state index contributed by atoms with van der Waals surface area (Å²) in [5.74, 6) is 0.420. The summed E-state index contributed by atoms with van der Waals surface area (Å²) < 4.78 is 14.0. The third kappa shape index (κ3) is 2.76. The summed E-state index contributed by atoms with van der Waals surface area (Å²) in [7, 11) is 0. The molecule has 0 saturated heterocycles. The van der Waals surface area contributed by atoms with Crippen molar-refractivity contribution in [2.75, 3.05) is 6.54 Å². The molecule has 0 spiro atoms.